The summed E-state index contributed by atoms with van der Waals surface area (Å²) >= 11 is 1.73. The van der Waals surface area contributed by atoms with E-state index in [-0.39, 0.29) is 47.9 Å². The van der Waals surface area contributed by atoms with E-state index in [1.165, 1.54) is 27.3 Å². The van der Waals surface area contributed by atoms with E-state index in [1.807, 2.05) is 47.7 Å². The number of nitrogens with zero attached hydrogens (tertiary/aromatic N) is 3. The minimum atomic E-state index is -0.337. The third kappa shape index (κ3) is 9.80. The number of ketones is 1. The number of fused-ring (bicyclic) bond motifs is 2. The maximum Gasteiger partial charge on any atom is 0.164 e. The fraction of sp³-hybridized carbons (Fsp3) is 0.455. The average molecular weight is 883 g/mol. The summed E-state index contributed by atoms with van der Waals surface area (Å²) in [6.07, 6.45) is 9.46. The first kappa shape index (κ1) is 42.2. The summed E-state index contributed by atoms with van der Waals surface area (Å²) in [5.74, 6) is 0.901. The number of aliphatic hydroxyl groups is 1. The zero-order valence-corrected chi connectivity index (χ0v) is 35.6. The van der Waals surface area contributed by atoms with Crippen LogP contribution in [-0.4, -0.2) is 25.8 Å². The van der Waals surface area contributed by atoms with Crippen LogP contribution in [0.15, 0.2) is 72.2 Å². The van der Waals surface area contributed by atoms with Crippen molar-refractivity contribution in [3.8, 4) is 22.5 Å². The molecule has 0 atom stereocenters. The SMILES string of the molecule is CC(C)Cc1cnc2c(-c3cc(-c4[c-]c5ccccc5c(C(C)(C)C)c4)ncn3)csc2c1.CCC(C)(CC)C(=O)/C=C(\O)C(C)(CC)CC.[Ir]. The van der Waals surface area contributed by atoms with Gasteiger partial charge in [0, 0.05) is 59.8 Å². The summed E-state index contributed by atoms with van der Waals surface area (Å²) in [6.45, 7) is 23.3. The summed E-state index contributed by atoms with van der Waals surface area (Å²) in [5.41, 5.74) is 6.84. The van der Waals surface area contributed by atoms with Gasteiger partial charge in [0.25, 0.3) is 0 Å². The molecular formula is C44H56IrN3O2S-. The Morgan fingerprint density at radius 2 is 1.51 bits per heavy atom. The predicted molar refractivity (Wildman–Crippen MR) is 213 cm³/mol. The van der Waals surface area contributed by atoms with Crippen molar-refractivity contribution in [3.63, 3.8) is 0 Å². The minimum absolute atomic E-state index is 0. The Morgan fingerprint density at radius 1 is 0.882 bits per heavy atom. The Hall–Kier alpha value is -3.25. The molecule has 5 nitrogen and oxygen atoms in total. The van der Waals surface area contributed by atoms with E-state index in [4.69, 9.17) is 4.98 Å². The van der Waals surface area contributed by atoms with E-state index in [2.05, 4.69) is 98.5 Å². The van der Waals surface area contributed by atoms with Crippen molar-refractivity contribution in [2.24, 2.45) is 16.7 Å². The molecule has 5 rings (SSSR count). The van der Waals surface area contributed by atoms with E-state index in [1.54, 1.807) is 17.7 Å². The van der Waals surface area contributed by atoms with Crippen molar-refractivity contribution >= 4 is 38.1 Å². The Bertz CT molecular complexity index is 1960. The fourth-order valence-corrected chi connectivity index (χ4v) is 7.02. The first-order chi connectivity index (χ1) is 23.6. The number of hydrogen-bond acceptors (Lipinski definition) is 6. The number of pyridine rings is 1. The normalized spacial score (nSPS) is 12.5. The molecule has 1 radical (unpaired) electrons. The number of aliphatic hydroxyl groups excluding tert-OH is 1. The molecule has 275 valence electrons. The molecule has 0 aliphatic rings. The van der Waals surface area contributed by atoms with E-state index in [9.17, 15) is 9.90 Å². The number of rotatable bonds is 11. The minimum Gasteiger partial charge on any atom is -0.512 e. The van der Waals surface area contributed by atoms with Crippen LogP contribution in [0.1, 0.15) is 113 Å². The molecule has 0 unspecified atom stereocenters. The second-order valence-corrected chi connectivity index (χ2v) is 16.5. The van der Waals surface area contributed by atoms with Crippen molar-refractivity contribution < 1.29 is 30.0 Å². The predicted octanol–water partition coefficient (Wildman–Crippen LogP) is 12.5. The van der Waals surface area contributed by atoms with Crippen LogP contribution in [0, 0.1) is 22.8 Å². The maximum atomic E-state index is 12.2. The molecule has 7 heteroatoms. The molecule has 3 heterocycles. The van der Waals surface area contributed by atoms with Crippen molar-refractivity contribution in [2.75, 3.05) is 0 Å². The average Bonchev–Trinajstić information content (AvgIpc) is 3.53. The number of carbonyl (C=O) groups excluding carboxylic acids is 1. The zero-order chi connectivity index (χ0) is 36.9. The van der Waals surface area contributed by atoms with Gasteiger partial charge in [0.2, 0.25) is 0 Å². The summed E-state index contributed by atoms with van der Waals surface area (Å²) in [4.78, 5) is 26.2. The van der Waals surface area contributed by atoms with Gasteiger partial charge < -0.3 is 5.11 Å². The Balaban J connectivity index is 0.000000335. The fourth-order valence-electron chi connectivity index (χ4n) is 6.04. The molecule has 5 aromatic rings. The monoisotopic (exact) mass is 883 g/mol. The van der Waals surface area contributed by atoms with Crippen LogP contribution in [0.25, 0.3) is 43.5 Å². The molecule has 0 bridgehead atoms. The van der Waals surface area contributed by atoms with Gasteiger partial charge in [0.15, 0.2) is 5.78 Å². The van der Waals surface area contributed by atoms with Crippen LogP contribution in [0.2, 0.25) is 0 Å². The van der Waals surface area contributed by atoms with Crippen LogP contribution in [0.5, 0.6) is 0 Å². The summed E-state index contributed by atoms with van der Waals surface area (Å²) in [5, 5.41) is 14.6. The molecule has 0 saturated carbocycles. The summed E-state index contributed by atoms with van der Waals surface area (Å²) < 4.78 is 1.20. The van der Waals surface area contributed by atoms with E-state index >= 15 is 0 Å². The second kappa shape index (κ2) is 17.5. The number of hydrogen-bond donors (Lipinski definition) is 1. The smallest absolute Gasteiger partial charge is 0.164 e. The van der Waals surface area contributed by atoms with Crippen LogP contribution < -0.4 is 0 Å². The van der Waals surface area contributed by atoms with Gasteiger partial charge in [-0.05, 0) is 61.1 Å². The van der Waals surface area contributed by atoms with Crippen LogP contribution in [-0.2, 0) is 36.7 Å². The molecular weight excluding hydrogens is 827 g/mol. The maximum absolute atomic E-state index is 12.2. The third-order valence-electron chi connectivity index (χ3n) is 10.5. The largest absolute Gasteiger partial charge is 0.512 e. The molecule has 0 spiro atoms. The molecule has 51 heavy (non-hydrogen) atoms. The van der Waals surface area contributed by atoms with Crippen LogP contribution in [0.4, 0.5) is 0 Å². The zero-order valence-electron chi connectivity index (χ0n) is 32.4. The molecule has 3 aromatic heterocycles. The van der Waals surface area contributed by atoms with Gasteiger partial charge in [-0.15, -0.1) is 40.5 Å². The molecule has 0 saturated heterocycles. The van der Waals surface area contributed by atoms with Crippen molar-refractivity contribution in [2.45, 2.75) is 114 Å². The van der Waals surface area contributed by atoms with Crippen molar-refractivity contribution in [3.05, 3.63) is 89.4 Å². The Kier molecular flexibility index (Phi) is 14.5. The van der Waals surface area contributed by atoms with E-state index < -0.39 is 0 Å². The quantitative estimate of drug-likeness (QED) is 0.0812. The third-order valence-corrected chi connectivity index (χ3v) is 11.4. The molecule has 1 N–H and O–H groups in total. The van der Waals surface area contributed by atoms with Crippen molar-refractivity contribution in [1.82, 2.24) is 15.0 Å². The van der Waals surface area contributed by atoms with Crippen LogP contribution in [0.3, 0.4) is 0 Å². The summed E-state index contributed by atoms with van der Waals surface area (Å²) in [6, 6.07) is 18.6. The molecule has 0 aliphatic carbocycles. The number of benzene rings is 2. The van der Waals surface area contributed by atoms with Gasteiger partial charge in [-0.3, -0.25) is 14.8 Å². The van der Waals surface area contributed by atoms with Crippen molar-refractivity contribution in [1.29, 1.82) is 0 Å². The molecule has 0 fully saturated rings. The molecule has 2 aromatic carbocycles. The van der Waals surface area contributed by atoms with Gasteiger partial charge in [-0.1, -0.05) is 105 Å². The topological polar surface area (TPSA) is 76.0 Å². The number of thiophene rings is 1. The number of aromatic nitrogens is 3. The first-order valence-electron chi connectivity index (χ1n) is 18.2. The molecule has 0 amide bonds. The van der Waals surface area contributed by atoms with Gasteiger partial charge in [0.1, 0.15) is 12.1 Å². The Morgan fingerprint density at radius 3 is 2.12 bits per heavy atom. The first-order valence-corrected chi connectivity index (χ1v) is 19.1. The van der Waals surface area contributed by atoms with Gasteiger partial charge >= 0.3 is 0 Å². The van der Waals surface area contributed by atoms with Gasteiger partial charge in [-0.2, -0.15) is 0 Å². The standard InChI is InChI=1S/C29H28N3S.C15H28O2.Ir/c1-18(2)10-19-11-27-28(30-15-19)23(16-33-27)26-14-25(31-17-32-26)21-12-20-8-6-7-9-22(20)24(13-21)29(3,4)5;1-7-14(5,8-2)12(16)11-13(17)15(6,9-3)10-4;/h6-9,11,13-18H,10H2,1-5H3;11,16H,7-10H2,1-6H3;/q-1;;/b;12-11-;. The van der Waals surface area contributed by atoms with Crippen LogP contribution >= 0.6 is 11.3 Å². The number of allylic oxidation sites excluding steroid dienone is 2. The number of carbonyl (C=O) groups is 1. The summed E-state index contributed by atoms with van der Waals surface area (Å²) in [7, 11) is 0. The van der Waals surface area contributed by atoms with Gasteiger partial charge in [-0.25, -0.2) is 4.98 Å². The van der Waals surface area contributed by atoms with E-state index in [0.717, 1.165) is 65.5 Å². The van der Waals surface area contributed by atoms with E-state index in [0.29, 0.717) is 5.92 Å². The second-order valence-electron chi connectivity index (χ2n) is 15.5. The molecule has 0 aliphatic heterocycles. The van der Waals surface area contributed by atoms with Gasteiger partial charge in [0.05, 0.1) is 15.9 Å². The Labute approximate surface area is 323 Å².